The summed E-state index contributed by atoms with van der Waals surface area (Å²) < 4.78 is 5.02. The molecule has 16 heavy (non-hydrogen) atoms. The molecule has 1 aliphatic carbocycles. The molecule has 0 bridgehead atoms. The minimum absolute atomic E-state index is 0.141. The Morgan fingerprint density at radius 2 is 2.12 bits per heavy atom. The summed E-state index contributed by atoms with van der Waals surface area (Å²) in [5.74, 6) is -0.0883. The zero-order chi connectivity index (χ0) is 11.1. The molecule has 1 aliphatic heterocycles. The SMILES string of the molecule is NC(=O)c1nnoc2cc3ccccc3c1-2. The number of amides is 1. The lowest BCUT2D eigenvalue weighted by atomic mass is 10.1. The predicted octanol–water partition coefficient (Wildman–Crippen LogP) is 1.43. The molecule has 0 spiro atoms. The second-order valence-corrected chi connectivity index (χ2v) is 3.46. The maximum atomic E-state index is 11.2. The van der Waals surface area contributed by atoms with Gasteiger partial charge in [-0.15, -0.1) is 5.10 Å². The molecule has 0 fully saturated rings. The molecule has 1 aromatic carbocycles. The maximum Gasteiger partial charge on any atom is 0.270 e. The zero-order valence-electron chi connectivity index (χ0n) is 8.18. The summed E-state index contributed by atoms with van der Waals surface area (Å²) >= 11 is 0. The normalized spacial score (nSPS) is 11.0. The van der Waals surface area contributed by atoms with Gasteiger partial charge in [0.15, 0.2) is 11.5 Å². The Morgan fingerprint density at radius 3 is 2.94 bits per heavy atom. The van der Waals surface area contributed by atoms with E-state index in [1.165, 1.54) is 0 Å². The largest absolute Gasteiger partial charge is 0.364 e. The Morgan fingerprint density at radius 1 is 1.31 bits per heavy atom. The van der Waals surface area contributed by atoms with Crippen molar-refractivity contribution in [1.29, 1.82) is 0 Å². The van der Waals surface area contributed by atoms with E-state index < -0.39 is 5.91 Å². The Balaban J connectivity index is 2.51. The van der Waals surface area contributed by atoms with E-state index in [1.54, 1.807) is 0 Å². The second kappa shape index (κ2) is 3.03. The van der Waals surface area contributed by atoms with E-state index in [-0.39, 0.29) is 5.69 Å². The highest BCUT2D eigenvalue weighted by Crippen LogP contribution is 2.34. The predicted molar refractivity (Wildman–Crippen MR) is 56.9 cm³/mol. The van der Waals surface area contributed by atoms with Crippen molar-refractivity contribution in [1.82, 2.24) is 10.4 Å². The number of nitrogens with zero attached hydrogens (tertiary/aromatic N) is 2. The summed E-state index contributed by atoms with van der Waals surface area (Å²) in [7, 11) is 0. The molecule has 0 aromatic heterocycles. The van der Waals surface area contributed by atoms with Gasteiger partial charge in [-0.3, -0.25) is 4.79 Å². The highest BCUT2D eigenvalue weighted by molar-refractivity contribution is 6.09. The van der Waals surface area contributed by atoms with Gasteiger partial charge in [0.1, 0.15) is 0 Å². The van der Waals surface area contributed by atoms with Crippen molar-refractivity contribution >= 4 is 16.7 Å². The van der Waals surface area contributed by atoms with E-state index in [2.05, 4.69) is 10.4 Å². The molecule has 2 aliphatic rings. The molecule has 1 heterocycles. The Kier molecular flexibility index (Phi) is 1.67. The third-order valence-corrected chi connectivity index (χ3v) is 2.51. The standard InChI is InChI=1S/C11H7N3O2/c12-11(15)10-9-7-4-2-1-3-6(7)5-8(9)16-14-13-10/h1-5H,(H2,12,15). The Labute approximate surface area is 90.2 Å². The summed E-state index contributed by atoms with van der Waals surface area (Å²) in [6.45, 7) is 0. The highest BCUT2D eigenvalue weighted by Gasteiger charge is 2.21. The van der Waals surface area contributed by atoms with Crippen LogP contribution in [0.1, 0.15) is 10.5 Å². The molecule has 2 N–H and O–H groups in total. The number of carbonyl (C=O) groups excluding carboxylic acids is 1. The lowest BCUT2D eigenvalue weighted by Gasteiger charge is -2.00. The van der Waals surface area contributed by atoms with Crippen LogP contribution in [0.3, 0.4) is 0 Å². The fourth-order valence-electron chi connectivity index (χ4n) is 1.84. The van der Waals surface area contributed by atoms with Crippen molar-refractivity contribution < 1.29 is 9.32 Å². The van der Waals surface area contributed by atoms with Crippen molar-refractivity contribution in [2.45, 2.75) is 0 Å². The number of nitrogens with two attached hydrogens (primary N) is 1. The first-order chi connectivity index (χ1) is 7.77. The van der Waals surface area contributed by atoms with Crippen LogP contribution in [0.5, 0.6) is 0 Å². The number of fused-ring (bicyclic) bond motifs is 3. The smallest absolute Gasteiger partial charge is 0.270 e. The van der Waals surface area contributed by atoms with Gasteiger partial charge < -0.3 is 10.3 Å². The number of primary amides is 1. The van der Waals surface area contributed by atoms with E-state index >= 15 is 0 Å². The minimum Gasteiger partial charge on any atom is -0.364 e. The summed E-state index contributed by atoms with van der Waals surface area (Å²) in [4.78, 5) is 11.2. The molecule has 0 saturated heterocycles. The van der Waals surface area contributed by atoms with Crippen LogP contribution in [0.25, 0.3) is 22.1 Å². The third kappa shape index (κ3) is 1.08. The van der Waals surface area contributed by atoms with Gasteiger partial charge in [0, 0.05) is 5.27 Å². The van der Waals surface area contributed by atoms with E-state index in [0.717, 1.165) is 10.8 Å². The first kappa shape index (κ1) is 8.84. The van der Waals surface area contributed by atoms with Crippen LogP contribution in [0, 0.1) is 0 Å². The first-order valence-corrected chi connectivity index (χ1v) is 4.71. The van der Waals surface area contributed by atoms with Crippen molar-refractivity contribution in [2.75, 3.05) is 0 Å². The van der Waals surface area contributed by atoms with Crippen LogP contribution in [-0.4, -0.2) is 16.3 Å². The Hall–Kier alpha value is -2.43. The molecule has 0 unspecified atom stereocenters. The molecule has 5 heteroatoms. The van der Waals surface area contributed by atoms with Crippen molar-refractivity contribution in [3.05, 3.63) is 36.0 Å². The van der Waals surface area contributed by atoms with Crippen LogP contribution in [0.2, 0.25) is 0 Å². The van der Waals surface area contributed by atoms with Gasteiger partial charge >= 0.3 is 0 Å². The van der Waals surface area contributed by atoms with Gasteiger partial charge in [0.05, 0.1) is 5.56 Å². The zero-order valence-corrected chi connectivity index (χ0v) is 8.18. The molecule has 0 saturated carbocycles. The minimum atomic E-state index is -0.607. The van der Waals surface area contributed by atoms with Gasteiger partial charge in [-0.2, -0.15) is 0 Å². The number of benzene rings is 1. The Bertz CT molecular complexity index is 659. The molecular weight excluding hydrogens is 206 g/mol. The van der Waals surface area contributed by atoms with Crippen LogP contribution < -0.4 is 5.73 Å². The summed E-state index contributed by atoms with van der Waals surface area (Å²) in [6.07, 6.45) is 0. The van der Waals surface area contributed by atoms with Crippen LogP contribution >= 0.6 is 0 Å². The average molecular weight is 213 g/mol. The second-order valence-electron chi connectivity index (χ2n) is 3.46. The topological polar surface area (TPSA) is 82.0 Å². The van der Waals surface area contributed by atoms with E-state index in [9.17, 15) is 4.79 Å². The number of rotatable bonds is 1. The number of hydrogen-bond acceptors (Lipinski definition) is 4. The van der Waals surface area contributed by atoms with Crippen LogP contribution in [-0.2, 0) is 0 Å². The highest BCUT2D eigenvalue weighted by atomic mass is 16.5. The fourth-order valence-corrected chi connectivity index (χ4v) is 1.84. The van der Waals surface area contributed by atoms with Crippen LogP contribution in [0.15, 0.2) is 34.9 Å². The van der Waals surface area contributed by atoms with Gasteiger partial charge in [0.25, 0.3) is 5.91 Å². The molecule has 5 nitrogen and oxygen atoms in total. The monoisotopic (exact) mass is 213 g/mol. The van der Waals surface area contributed by atoms with Gasteiger partial charge in [0.2, 0.25) is 0 Å². The van der Waals surface area contributed by atoms with Crippen LogP contribution in [0.4, 0.5) is 0 Å². The molecule has 1 aromatic rings. The first-order valence-electron chi connectivity index (χ1n) is 4.71. The molecule has 3 rings (SSSR count). The molecular formula is C11H7N3O2. The van der Waals surface area contributed by atoms with Gasteiger partial charge in [-0.05, 0) is 16.8 Å². The van der Waals surface area contributed by atoms with Crippen molar-refractivity contribution in [3.8, 4) is 11.3 Å². The summed E-state index contributed by atoms with van der Waals surface area (Å²) in [5.41, 5.74) is 6.01. The molecule has 0 atom stereocenters. The van der Waals surface area contributed by atoms with Crippen molar-refractivity contribution in [2.24, 2.45) is 5.73 Å². The number of hydrogen-bond donors (Lipinski definition) is 1. The van der Waals surface area contributed by atoms with Crippen molar-refractivity contribution in [3.63, 3.8) is 0 Å². The fraction of sp³-hybridized carbons (Fsp3) is 0. The van der Waals surface area contributed by atoms with E-state index in [0.29, 0.717) is 11.3 Å². The van der Waals surface area contributed by atoms with E-state index in [1.807, 2.05) is 30.3 Å². The summed E-state index contributed by atoms with van der Waals surface area (Å²) in [5, 5.41) is 8.91. The van der Waals surface area contributed by atoms with Gasteiger partial charge in [-0.1, -0.05) is 24.3 Å². The maximum absolute atomic E-state index is 11.2. The molecule has 1 amide bonds. The number of carbonyl (C=O) groups is 1. The lowest BCUT2D eigenvalue weighted by Crippen LogP contribution is -2.15. The van der Waals surface area contributed by atoms with E-state index in [4.69, 9.17) is 10.3 Å². The molecule has 0 radical (unpaired) electrons. The van der Waals surface area contributed by atoms with Gasteiger partial charge in [-0.25, -0.2) is 0 Å². The lowest BCUT2D eigenvalue weighted by molar-refractivity contribution is 0.0992. The average Bonchev–Trinajstić information content (AvgIpc) is 2.66. The third-order valence-electron chi connectivity index (χ3n) is 2.51. The number of aromatic nitrogens is 2. The quantitative estimate of drug-likeness (QED) is 0.662. The summed E-state index contributed by atoms with van der Waals surface area (Å²) in [6, 6.07) is 9.42. The molecule has 78 valence electrons.